The summed E-state index contributed by atoms with van der Waals surface area (Å²) in [6, 6.07) is 9.88. The number of hydrogen-bond acceptors (Lipinski definition) is 4. The van der Waals surface area contributed by atoms with Crippen molar-refractivity contribution in [3.8, 4) is 17.0 Å². The monoisotopic (exact) mass is 271 g/mol. The molecule has 0 spiro atoms. The van der Waals surface area contributed by atoms with Gasteiger partial charge < -0.3 is 10.1 Å². The topological polar surface area (TPSA) is 47.0 Å². The minimum Gasteiger partial charge on any atom is -0.491 e. The fourth-order valence-electron chi connectivity index (χ4n) is 1.82. The van der Waals surface area contributed by atoms with Crippen molar-refractivity contribution in [1.29, 1.82) is 0 Å². The molecule has 2 rings (SSSR count). The van der Waals surface area contributed by atoms with Gasteiger partial charge in [-0.3, -0.25) is 0 Å². The summed E-state index contributed by atoms with van der Waals surface area (Å²) in [5.74, 6) is 1.55. The average molecular weight is 271 g/mol. The molecule has 0 unspecified atom stereocenters. The Morgan fingerprint density at radius 2 is 1.90 bits per heavy atom. The zero-order chi connectivity index (χ0) is 14.4. The van der Waals surface area contributed by atoms with Gasteiger partial charge in [0.25, 0.3) is 0 Å². The van der Waals surface area contributed by atoms with Gasteiger partial charge in [-0.2, -0.15) is 0 Å². The van der Waals surface area contributed by atoms with Crippen LogP contribution in [0.4, 0.5) is 5.95 Å². The Bertz CT molecular complexity index is 538. The zero-order valence-electron chi connectivity index (χ0n) is 12.3. The number of benzene rings is 1. The maximum absolute atomic E-state index is 5.64. The molecule has 0 aliphatic carbocycles. The fraction of sp³-hybridized carbons (Fsp3) is 0.375. The molecule has 0 radical (unpaired) electrons. The van der Waals surface area contributed by atoms with Gasteiger partial charge in [0.1, 0.15) is 5.75 Å². The van der Waals surface area contributed by atoms with Gasteiger partial charge in [0, 0.05) is 18.3 Å². The van der Waals surface area contributed by atoms with Gasteiger partial charge in [-0.25, -0.2) is 9.97 Å². The molecule has 1 aromatic heterocycles. The second-order valence-corrected chi connectivity index (χ2v) is 4.88. The first-order valence-corrected chi connectivity index (χ1v) is 7.03. The number of ether oxygens (including phenoxy) is 1. The summed E-state index contributed by atoms with van der Waals surface area (Å²) in [4.78, 5) is 8.72. The molecule has 0 amide bonds. The molecule has 0 bridgehead atoms. The number of nitrogens with one attached hydrogen (secondary N) is 1. The summed E-state index contributed by atoms with van der Waals surface area (Å²) in [6.45, 7) is 7.03. The van der Waals surface area contributed by atoms with E-state index in [0.29, 0.717) is 5.95 Å². The molecule has 0 aliphatic rings. The summed E-state index contributed by atoms with van der Waals surface area (Å²) in [5.41, 5.74) is 1.97. The molecule has 0 fully saturated rings. The minimum atomic E-state index is 0.185. The summed E-state index contributed by atoms with van der Waals surface area (Å²) < 4.78 is 5.64. The average Bonchev–Trinajstić information content (AvgIpc) is 2.45. The van der Waals surface area contributed by atoms with Gasteiger partial charge in [0.15, 0.2) is 0 Å². The molecule has 0 saturated heterocycles. The van der Waals surface area contributed by atoms with Crippen molar-refractivity contribution in [2.24, 2.45) is 0 Å². The maximum atomic E-state index is 5.64. The van der Waals surface area contributed by atoms with Crippen molar-refractivity contribution in [2.75, 3.05) is 11.9 Å². The first kappa shape index (κ1) is 14.3. The van der Waals surface area contributed by atoms with E-state index in [2.05, 4.69) is 22.2 Å². The van der Waals surface area contributed by atoms with Crippen molar-refractivity contribution in [3.05, 3.63) is 36.5 Å². The van der Waals surface area contributed by atoms with Crippen molar-refractivity contribution in [3.63, 3.8) is 0 Å². The van der Waals surface area contributed by atoms with Gasteiger partial charge in [-0.15, -0.1) is 0 Å². The van der Waals surface area contributed by atoms with E-state index in [1.165, 1.54) is 0 Å². The third kappa shape index (κ3) is 3.95. The fourth-order valence-corrected chi connectivity index (χ4v) is 1.82. The lowest BCUT2D eigenvalue weighted by atomic mass is 10.1. The third-order valence-electron chi connectivity index (χ3n) is 2.71. The Hall–Kier alpha value is -2.10. The van der Waals surface area contributed by atoms with Crippen LogP contribution in [0.5, 0.6) is 5.75 Å². The summed E-state index contributed by atoms with van der Waals surface area (Å²) in [7, 11) is 0. The highest BCUT2D eigenvalue weighted by Gasteiger charge is 2.03. The van der Waals surface area contributed by atoms with E-state index >= 15 is 0 Å². The highest BCUT2D eigenvalue weighted by molar-refractivity contribution is 5.60. The van der Waals surface area contributed by atoms with E-state index < -0.39 is 0 Å². The first-order chi connectivity index (χ1) is 9.69. The molecule has 0 aliphatic heterocycles. The molecule has 1 N–H and O–H groups in total. The smallest absolute Gasteiger partial charge is 0.223 e. The van der Waals surface area contributed by atoms with Gasteiger partial charge in [-0.1, -0.05) is 6.92 Å². The minimum absolute atomic E-state index is 0.185. The van der Waals surface area contributed by atoms with Crippen LogP contribution >= 0.6 is 0 Å². The quantitative estimate of drug-likeness (QED) is 0.869. The Kier molecular flexibility index (Phi) is 4.93. The summed E-state index contributed by atoms with van der Waals surface area (Å²) >= 11 is 0. The van der Waals surface area contributed by atoms with Crippen molar-refractivity contribution < 1.29 is 4.74 Å². The lowest BCUT2D eigenvalue weighted by molar-refractivity contribution is 0.242. The highest BCUT2D eigenvalue weighted by atomic mass is 16.5. The van der Waals surface area contributed by atoms with E-state index in [0.717, 1.165) is 30.0 Å². The Balaban J connectivity index is 2.14. The first-order valence-electron chi connectivity index (χ1n) is 7.03. The van der Waals surface area contributed by atoms with Gasteiger partial charge in [-0.05, 0) is 50.6 Å². The zero-order valence-corrected chi connectivity index (χ0v) is 12.3. The van der Waals surface area contributed by atoms with E-state index in [4.69, 9.17) is 4.74 Å². The largest absolute Gasteiger partial charge is 0.491 e. The van der Waals surface area contributed by atoms with Crippen LogP contribution in [0.15, 0.2) is 36.5 Å². The van der Waals surface area contributed by atoms with Gasteiger partial charge in [0.05, 0.1) is 11.8 Å². The molecule has 4 heteroatoms. The summed E-state index contributed by atoms with van der Waals surface area (Å²) in [6.07, 6.45) is 3.01. The normalized spacial score (nSPS) is 10.6. The Labute approximate surface area is 120 Å². The van der Waals surface area contributed by atoms with E-state index in [1.54, 1.807) is 6.20 Å². The molecule has 1 heterocycles. The Morgan fingerprint density at radius 3 is 2.55 bits per heavy atom. The van der Waals surface area contributed by atoms with Crippen LogP contribution in [-0.2, 0) is 0 Å². The van der Waals surface area contributed by atoms with E-state index in [1.807, 2.05) is 44.2 Å². The molecule has 4 nitrogen and oxygen atoms in total. The summed E-state index contributed by atoms with van der Waals surface area (Å²) in [5, 5.41) is 3.20. The highest BCUT2D eigenvalue weighted by Crippen LogP contribution is 2.21. The third-order valence-corrected chi connectivity index (χ3v) is 2.71. The number of rotatable bonds is 6. The van der Waals surface area contributed by atoms with Gasteiger partial charge >= 0.3 is 0 Å². The van der Waals surface area contributed by atoms with Crippen LogP contribution in [0.3, 0.4) is 0 Å². The Morgan fingerprint density at radius 1 is 1.15 bits per heavy atom. The second-order valence-electron chi connectivity index (χ2n) is 4.88. The molecule has 106 valence electrons. The van der Waals surface area contributed by atoms with Crippen LogP contribution < -0.4 is 10.1 Å². The molecular formula is C16H21N3O. The molecule has 0 saturated carbocycles. The molecule has 1 aromatic carbocycles. The lowest BCUT2D eigenvalue weighted by Gasteiger charge is -2.10. The molecule has 20 heavy (non-hydrogen) atoms. The van der Waals surface area contributed by atoms with E-state index in [9.17, 15) is 0 Å². The van der Waals surface area contributed by atoms with E-state index in [-0.39, 0.29) is 6.10 Å². The number of nitrogens with zero attached hydrogens (tertiary/aromatic N) is 2. The number of hydrogen-bond donors (Lipinski definition) is 1. The van der Waals surface area contributed by atoms with Crippen LogP contribution in [0.25, 0.3) is 11.3 Å². The number of anilines is 1. The van der Waals surface area contributed by atoms with Crippen molar-refractivity contribution in [2.45, 2.75) is 33.3 Å². The standard InChI is InChI=1S/C16H21N3O/c1-4-10-17-16-18-11-9-15(19-16)13-5-7-14(8-6-13)20-12(2)3/h5-9,11-12H,4,10H2,1-3H3,(H,17,18,19). The molecule has 2 aromatic rings. The van der Waals surface area contributed by atoms with Crippen LogP contribution in [0, 0.1) is 0 Å². The van der Waals surface area contributed by atoms with Gasteiger partial charge in [0.2, 0.25) is 5.95 Å². The predicted octanol–water partition coefficient (Wildman–Crippen LogP) is 3.75. The number of aromatic nitrogens is 2. The van der Waals surface area contributed by atoms with Crippen molar-refractivity contribution in [1.82, 2.24) is 9.97 Å². The second kappa shape index (κ2) is 6.89. The van der Waals surface area contributed by atoms with Crippen LogP contribution in [-0.4, -0.2) is 22.6 Å². The van der Waals surface area contributed by atoms with Crippen molar-refractivity contribution >= 4 is 5.95 Å². The maximum Gasteiger partial charge on any atom is 0.223 e. The van der Waals surface area contributed by atoms with Crippen LogP contribution in [0.2, 0.25) is 0 Å². The predicted molar refractivity (Wildman–Crippen MR) is 82.0 cm³/mol. The SMILES string of the molecule is CCCNc1nccc(-c2ccc(OC(C)C)cc2)n1. The molecule has 0 atom stereocenters. The lowest BCUT2D eigenvalue weighted by Crippen LogP contribution is -2.05. The van der Waals surface area contributed by atoms with Crippen LogP contribution in [0.1, 0.15) is 27.2 Å². The molecular weight excluding hydrogens is 250 g/mol.